The number of benzene rings is 1. The summed E-state index contributed by atoms with van der Waals surface area (Å²) in [6, 6.07) is 7.37. The van der Waals surface area contributed by atoms with Gasteiger partial charge < -0.3 is 0 Å². The summed E-state index contributed by atoms with van der Waals surface area (Å²) in [6.45, 7) is 2.02. The van der Waals surface area contributed by atoms with Crippen LogP contribution in [0.3, 0.4) is 0 Å². The number of aryl methyl sites for hydroxylation is 1. The Morgan fingerprint density at radius 1 is 1.40 bits per heavy atom. The Balaban J connectivity index is 2.06. The Hall–Kier alpha value is -2.50. The Morgan fingerprint density at radius 2 is 2.15 bits per heavy atom. The number of anilines is 1. The summed E-state index contributed by atoms with van der Waals surface area (Å²) < 4.78 is 12.7. The van der Waals surface area contributed by atoms with Crippen LogP contribution in [-0.4, -0.2) is 16.2 Å². The van der Waals surface area contributed by atoms with Crippen molar-refractivity contribution in [3.63, 3.8) is 0 Å². The van der Waals surface area contributed by atoms with Crippen LogP contribution in [0.4, 0.5) is 10.3 Å². The van der Waals surface area contributed by atoms with Crippen molar-refractivity contribution in [3.8, 4) is 0 Å². The first-order chi connectivity index (χ1) is 9.67. The molecule has 20 heavy (non-hydrogen) atoms. The second-order valence-corrected chi connectivity index (χ2v) is 4.26. The fraction of sp³-hybridized carbons (Fsp3) is 0.214. The number of hydrazone groups is 1. The fourth-order valence-electron chi connectivity index (χ4n) is 1.66. The number of halogens is 1. The minimum atomic E-state index is -0.298. The molecule has 0 radical (unpaired) electrons. The lowest BCUT2D eigenvalue weighted by molar-refractivity contribution is 0.628. The van der Waals surface area contributed by atoms with Gasteiger partial charge in [0.05, 0.1) is 6.21 Å². The summed E-state index contributed by atoms with van der Waals surface area (Å²) in [5, 5.41) is 3.95. The molecule has 1 aromatic carbocycles. The van der Waals surface area contributed by atoms with Crippen LogP contribution in [0.1, 0.15) is 24.6 Å². The number of aromatic amines is 1. The van der Waals surface area contributed by atoms with Gasteiger partial charge in [-0.15, -0.1) is 0 Å². The van der Waals surface area contributed by atoms with Crippen LogP contribution in [0.5, 0.6) is 0 Å². The lowest BCUT2D eigenvalue weighted by Gasteiger charge is -2.02. The van der Waals surface area contributed by atoms with E-state index in [1.165, 1.54) is 24.4 Å². The van der Waals surface area contributed by atoms with E-state index < -0.39 is 0 Å². The van der Waals surface area contributed by atoms with Crippen molar-refractivity contribution in [2.24, 2.45) is 5.10 Å². The van der Waals surface area contributed by atoms with Gasteiger partial charge in [0.1, 0.15) is 5.82 Å². The molecule has 2 rings (SSSR count). The smallest absolute Gasteiger partial charge is 0.252 e. The maximum absolute atomic E-state index is 12.7. The zero-order chi connectivity index (χ0) is 14.4. The summed E-state index contributed by atoms with van der Waals surface area (Å²) in [5.74, 6) is -0.00677. The zero-order valence-corrected chi connectivity index (χ0v) is 11.1. The summed E-state index contributed by atoms with van der Waals surface area (Å²) in [6.07, 6.45) is 3.17. The molecule has 0 saturated carbocycles. The number of aromatic nitrogens is 2. The van der Waals surface area contributed by atoms with Crippen LogP contribution in [0.2, 0.25) is 0 Å². The minimum Gasteiger partial charge on any atom is -0.291 e. The third-order valence-corrected chi connectivity index (χ3v) is 2.55. The molecule has 0 spiro atoms. The van der Waals surface area contributed by atoms with Gasteiger partial charge in [0.25, 0.3) is 5.56 Å². The fourth-order valence-corrected chi connectivity index (χ4v) is 1.66. The van der Waals surface area contributed by atoms with Crippen molar-refractivity contribution < 1.29 is 4.39 Å². The van der Waals surface area contributed by atoms with Gasteiger partial charge >= 0.3 is 0 Å². The molecule has 0 saturated heterocycles. The molecule has 0 bridgehead atoms. The molecule has 1 aromatic heterocycles. The van der Waals surface area contributed by atoms with E-state index in [-0.39, 0.29) is 11.4 Å². The Morgan fingerprint density at radius 3 is 2.85 bits per heavy atom. The molecule has 6 heteroatoms. The molecule has 5 nitrogen and oxygen atoms in total. The van der Waals surface area contributed by atoms with Gasteiger partial charge in [0.2, 0.25) is 5.95 Å². The van der Waals surface area contributed by atoms with Crippen LogP contribution in [-0.2, 0) is 6.42 Å². The lowest BCUT2D eigenvalue weighted by atomic mass is 10.2. The molecule has 0 unspecified atom stereocenters. The second kappa shape index (κ2) is 6.60. The van der Waals surface area contributed by atoms with Crippen molar-refractivity contribution in [1.29, 1.82) is 0 Å². The highest BCUT2D eigenvalue weighted by molar-refractivity contribution is 5.79. The summed E-state index contributed by atoms with van der Waals surface area (Å²) in [5.41, 5.74) is 3.90. The van der Waals surface area contributed by atoms with E-state index in [2.05, 4.69) is 20.5 Å². The average Bonchev–Trinajstić information content (AvgIpc) is 2.41. The largest absolute Gasteiger partial charge is 0.291 e. The SMILES string of the molecule is CCCc1cc(=O)[nH]c(N/N=C/c2ccc(F)cc2)n1. The monoisotopic (exact) mass is 274 g/mol. The van der Waals surface area contributed by atoms with Crippen molar-refractivity contribution in [1.82, 2.24) is 9.97 Å². The summed E-state index contributed by atoms with van der Waals surface area (Å²) in [4.78, 5) is 18.2. The second-order valence-electron chi connectivity index (χ2n) is 4.26. The topological polar surface area (TPSA) is 70.1 Å². The van der Waals surface area contributed by atoms with Crippen molar-refractivity contribution in [2.75, 3.05) is 5.43 Å². The van der Waals surface area contributed by atoms with Gasteiger partial charge in [-0.2, -0.15) is 5.10 Å². The van der Waals surface area contributed by atoms with Gasteiger partial charge in [-0.1, -0.05) is 25.5 Å². The Kier molecular flexibility index (Phi) is 4.60. The molecule has 0 atom stereocenters. The molecule has 0 aliphatic carbocycles. The van der Waals surface area contributed by atoms with Crippen LogP contribution in [0.15, 0.2) is 40.2 Å². The van der Waals surface area contributed by atoms with Crippen LogP contribution in [0, 0.1) is 5.82 Å². The van der Waals surface area contributed by atoms with Crippen molar-refractivity contribution in [3.05, 3.63) is 57.8 Å². The van der Waals surface area contributed by atoms with Gasteiger partial charge in [-0.3, -0.25) is 9.78 Å². The lowest BCUT2D eigenvalue weighted by Crippen LogP contribution is -2.11. The third-order valence-electron chi connectivity index (χ3n) is 2.55. The van der Waals surface area contributed by atoms with E-state index in [9.17, 15) is 9.18 Å². The Bertz CT molecular complexity index is 649. The normalized spacial score (nSPS) is 10.9. The molecule has 0 aliphatic rings. The number of rotatable bonds is 5. The van der Waals surface area contributed by atoms with E-state index in [0.29, 0.717) is 5.95 Å². The van der Waals surface area contributed by atoms with Gasteiger partial charge in [-0.25, -0.2) is 14.8 Å². The molecule has 0 fully saturated rings. The van der Waals surface area contributed by atoms with E-state index in [0.717, 1.165) is 24.1 Å². The predicted octanol–water partition coefficient (Wildman–Crippen LogP) is 2.31. The average molecular weight is 274 g/mol. The summed E-state index contributed by atoms with van der Waals surface area (Å²) >= 11 is 0. The van der Waals surface area contributed by atoms with E-state index in [4.69, 9.17) is 0 Å². The maximum Gasteiger partial charge on any atom is 0.252 e. The zero-order valence-electron chi connectivity index (χ0n) is 11.1. The number of H-pyrrole nitrogens is 1. The standard InChI is InChI=1S/C14H15FN4O/c1-2-3-12-8-13(20)18-14(17-12)19-16-9-10-4-6-11(15)7-5-10/h4-9H,2-3H2,1H3,(H2,17,18,19,20)/b16-9+. The molecule has 2 aromatic rings. The van der Waals surface area contributed by atoms with E-state index >= 15 is 0 Å². The van der Waals surface area contributed by atoms with Gasteiger partial charge in [-0.05, 0) is 24.1 Å². The molecular formula is C14H15FN4O. The van der Waals surface area contributed by atoms with Gasteiger partial charge in [0, 0.05) is 11.8 Å². The first-order valence-corrected chi connectivity index (χ1v) is 6.32. The van der Waals surface area contributed by atoms with Crippen LogP contribution in [0.25, 0.3) is 0 Å². The van der Waals surface area contributed by atoms with Crippen molar-refractivity contribution in [2.45, 2.75) is 19.8 Å². The quantitative estimate of drug-likeness (QED) is 0.649. The molecule has 2 N–H and O–H groups in total. The Labute approximate surface area is 115 Å². The highest BCUT2D eigenvalue weighted by atomic mass is 19.1. The van der Waals surface area contributed by atoms with Crippen LogP contribution < -0.4 is 11.0 Å². The highest BCUT2D eigenvalue weighted by Crippen LogP contribution is 2.02. The molecular weight excluding hydrogens is 259 g/mol. The molecule has 0 amide bonds. The maximum atomic E-state index is 12.7. The third kappa shape index (κ3) is 4.01. The number of nitrogens with zero attached hydrogens (tertiary/aromatic N) is 2. The number of hydrogen-bond acceptors (Lipinski definition) is 4. The van der Waals surface area contributed by atoms with E-state index in [1.54, 1.807) is 12.1 Å². The van der Waals surface area contributed by atoms with E-state index in [1.807, 2.05) is 6.92 Å². The predicted molar refractivity (Wildman–Crippen MR) is 76.5 cm³/mol. The minimum absolute atomic E-state index is 0.220. The molecule has 1 heterocycles. The van der Waals surface area contributed by atoms with Crippen LogP contribution >= 0.6 is 0 Å². The van der Waals surface area contributed by atoms with Crippen molar-refractivity contribution >= 4 is 12.2 Å². The summed E-state index contributed by atoms with van der Waals surface area (Å²) in [7, 11) is 0. The highest BCUT2D eigenvalue weighted by Gasteiger charge is 1.99. The van der Waals surface area contributed by atoms with Gasteiger partial charge in [0.15, 0.2) is 0 Å². The number of nitrogens with one attached hydrogen (secondary N) is 2. The number of hydrogen-bond donors (Lipinski definition) is 2. The molecule has 0 aliphatic heterocycles. The first-order valence-electron chi connectivity index (χ1n) is 6.32. The molecule has 104 valence electrons. The first kappa shape index (κ1) is 13.9.